The molecular formula is C11H20N2O5S. The molecule has 0 heterocycles. The molecule has 1 aliphatic carbocycles. The van der Waals surface area contributed by atoms with Crippen molar-refractivity contribution in [1.29, 1.82) is 0 Å². The zero-order valence-corrected chi connectivity index (χ0v) is 11.8. The zero-order chi connectivity index (χ0) is 14.5. The van der Waals surface area contributed by atoms with Crippen molar-refractivity contribution in [2.24, 2.45) is 0 Å². The predicted octanol–water partition coefficient (Wildman–Crippen LogP) is 0.118. The Hall–Kier alpha value is -1.31. The van der Waals surface area contributed by atoms with Crippen molar-refractivity contribution in [3.63, 3.8) is 0 Å². The van der Waals surface area contributed by atoms with Crippen LogP contribution in [0.1, 0.15) is 32.1 Å². The number of amides is 2. The van der Waals surface area contributed by atoms with Gasteiger partial charge in [0.25, 0.3) is 0 Å². The van der Waals surface area contributed by atoms with E-state index in [9.17, 15) is 18.0 Å². The van der Waals surface area contributed by atoms with Crippen LogP contribution in [0, 0.1) is 0 Å². The molecule has 0 aromatic heterocycles. The van der Waals surface area contributed by atoms with E-state index in [0.717, 1.165) is 19.1 Å². The SMILES string of the molecule is CS(=O)(=O)CCCNC(=O)NC1(C(=O)O)CCCC1. The van der Waals surface area contributed by atoms with E-state index in [1.807, 2.05) is 0 Å². The fourth-order valence-corrected chi connectivity index (χ4v) is 2.84. The molecule has 110 valence electrons. The highest BCUT2D eigenvalue weighted by atomic mass is 32.2. The maximum atomic E-state index is 11.6. The molecule has 0 aromatic rings. The van der Waals surface area contributed by atoms with E-state index >= 15 is 0 Å². The van der Waals surface area contributed by atoms with Gasteiger partial charge in [-0.25, -0.2) is 18.0 Å². The Balaban J connectivity index is 2.36. The normalized spacial score (nSPS) is 17.9. The van der Waals surface area contributed by atoms with Gasteiger partial charge in [0.15, 0.2) is 0 Å². The lowest BCUT2D eigenvalue weighted by atomic mass is 9.98. The van der Waals surface area contributed by atoms with E-state index in [4.69, 9.17) is 5.11 Å². The van der Waals surface area contributed by atoms with Gasteiger partial charge in [0.05, 0.1) is 5.75 Å². The number of rotatable bonds is 6. The maximum Gasteiger partial charge on any atom is 0.329 e. The number of sulfone groups is 1. The van der Waals surface area contributed by atoms with Gasteiger partial charge in [-0.1, -0.05) is 12.8 Å². The summed E-state index contributed by atoms with van der Waals surface area (Å²) in [5.74, 6) is -1.02. The Bertz CT molecular complexity index is 440. The number of urea groups is 1. The van der Waals surface area contributed by atoms with Gasteiger partial charge in [0.1, 0.15) is 15.4 Å². The van der Waals surface area contributed by atoms with Crippen LogP contribution in [-0.4, -0.2) is 49.6 Å². The molecule has 2 amide bonds. The van der Waals surface area contributed by atoms with Crippen molar-refractivity contribution in [3.8, 4) is 0 Å². The monoisotopic (exact) mass is 292 g/mol. The molecule has 0 atom stereocenters. The number of carbonyl (C=O) groups is 2. The van der Waals surface area contributed by atoms with Crippen molar-refractivity contribution in [1.82, 2.24) is 10.6 Å². The smallest absolute Gasteiger partial charge is 0.329 e. The molecule has 0 spiro atoms. The van der Waals surface area contributed by atoms with E-state index in [0.29, 0.717) is 19.3 Å². The topological polar surface area (TPSA) is 113 Å². The van der Waals surface area contributed by atoms with Crippen LogP contribution in [0.2, 0.25) is 0 Å². The first-order valence-corrected chi connectivity index (χ1v) is 8.28. The van der Waals surface area contributed by atoms with E-state index < -0.39 is 27.4 Å². The summed E-state index contributed by atoms with van der Waals surface area (Å²) in [6, 6.07) is -0.558. The van der Waals surface area contributed by atoms with E-state index in [1.54, 1.807) is 0 Å². The highest BCUT2D eigenvalue weighted by Gasteiger charge is 2.42. The third kappa shape index (κ3) is 5.06. The molecule has 0 bridgehead atoms. The quantitative estimate of drug-likeness (QED) is 0.602. The molecule has 1 fully saturated rings. The van der Waals surface area contributed by atoms with Crippen LogP contribution in [0.3, 0.4) is 0 Å². The van der Waals surface area contributed by atoms with Crippen LogP contribution in [-0.2, 0) is 14.6 Å². The summed E-state index contributed by atoms with van der Waals surface area (Å²) >= 11 is 0. The first-order chi connectivity index (χ1) is 8.75. The fourth-order valence-electron chi connectivity index (χ4n) is 2.17. The molecule has 19 heavy (non-hydrogen) atoms. The highest BCUT2D eigenvalue weighted by Crippen LogP contribution is 2.29. The molecule has 3 N–H and O–H groups in total. The number of carbonyl (C=O) groups excluding carboxylic acids is 1. The number of aliphatic carboxylic acids is 1. The summed E-state index contributed by atoms with van der Waals surface area (Å²) in [5, 5.41) is 14.1. The summed E-state index contributed by atoms with van der Waals surface area (Å²) in [6.45, 7) is 0.203. The molecule has 7 nitrogen and oxygen atoms in total. The van der Waals surface area contributed by atoms with Crippen LogP contribution >= 0.6 is 0 Å². The Kier molecular flexibility index (Phi) is 5.16. The lowest BCUT2D eigenvalue weighted by Gasteiger charge is -2.25. The van der Waals surface area contributed by atoms with Gasteiger partial charge in [-0.05, 0) is 19.3 Å². The molecule has 1 aliphatic rings. The lowest BCUT2D eigenvalue weighted by molar-refractivity contribution is -0.144. The summed E-state index contributed by atoms with van der Waals surface area (Å²) in [4.78, 5) is 22.8. The number of hydrogen-bond acceptors (Lipinski definition) is 4. The van der Waals surface area contributed by atoms with Crippen molar-refractivity contribution in [2.75, 3.05) is 18.6 Å². The first kappa shape index (κ1) is 15.7. The predicted molar refractivity (Wildman–Crippen MR) is 69.7 cm³/mol. The van der Waals surface area contributed by atoms with Crippen LogP contribution in [0.15, 0.2) is 0 Å². The van der Waals surface area contributed by atoms with Crippen molar-refractivity contribution < 1.29 is 23.1 Å². The molecule has 0 unspecified atom stereocenters. The number of carboxylic acid groups (broad SMARTS) is 1. The van der Waals surface area contributed by atoms with Crippen molar-refractivity contribution in [3.05, 3.63) is 0 Å². The molecule has 0 aromatic carbocycles. The minimum Gasteiger partial charge on any atom is -0.480 e. The van der Waals surface area contributed by atoms with Gasteiger partial charge in [-0.15, -0.1) is 0 Å². The molecule has 0 saturated heterocycles. The van der Waals surface area contributed by atoms with Crippen molar-refractivity contribution >= 4 is 21.8 Å². The summed E-state index contributed by atoms with van der Waals surface area (Å²) < 4.78 is 21.8. The van der Waals surface area contributed by atoms with Gasteiger partial charge >= 0.3 is 12.0 Å². The average molecular weight is 292 g/mol. The number of carboxylic acids is 1. The van der Waals surface area contributed by atoms with Gasteiger partial charge in [0, 0.05) is 12.8 Å². The second kappa shape index (κ2) is 6.23. The van der Waals surface area contributed by atoms with Gasteiger partial charge in [-0.2, -0.15) is 0 Å². The van der Waals surface area contributed by atoms with Crippen LogP contribution in [0.25, 0.3) is 0 Å². The van der Waals surface area contributed by atoms with Gasteiger partial charge < -0.3 is 15.7 Å². The molecule has 1 saturated carbocycles. The second-order valence-electron chi connectivity index (χ2n) is 4.96. The Morgan fingerprint density at radius 1 is 1.26 bits per heavy atom. The van der Waals surface area contributed by atoms with Crippen LogP contribution in [0.5, 0.6) is 0 Å². The standard InChI is InChI=1S/C11H20N2O5S/c1-19(17,18)8-4-7-12-10(16)13-11(9(14)15)5-2-3-6-11/h2-8H2,1H3,(H,14,15)(H2,12,13,16). The van der Waals surface area contributed by atoms with E-state index in [1.165, 1.54) is 0 Å². The Morgan fingerprint density at radius 3 is 2.32 bits per heavy atom. The minimum atomic E-state index is -3.04. The largest absolute Gasteiger partial charge is 0.480 e. The first-order valence-electron chi connectivity index (χ1n) is 6.22. The van der Waals surface area contributed by atoms with Gasteiger partial charge in [0.2, 0.25) is 0 Å². The zero-order valence-electron chi connectivity index (χ0n) is 10.9. The molecule has 1 rings (SSSR count). The molecule has 0 radical (unpaired) electrons. The third-order valence-electron chi connectivity index (χ3n) is 3.20. The fraction of sp³-hybridized carbons (Fsp3) is 0.818. The summed E-state index contributed by atoms with van der Waals surface area (Å²) in [5.41, 5.74) is -1.17. The van der Waals surface area contributed by atoms with E-state index in [-0.39, 0.29) is 12.3 Å². The number of nitrogens with one attached hydrogen (secondary N) is 2. The average Bonchev–Trinajstić information content (AvgIpc) is 2.73. The molecule has 8 heteroatoms. The number of hydrogen-bond donors (Lipinski definition) is 3. The summed E-state index contributed by atoms with van der Waals surface area (Å²) in [7, 11) is -3.04. The Labute approximate surface area is 112 Å². The van der Waals surface area contributed by atoms with Gasteiger partial charge in [-0.3, -0.25) is 0 Å². The van der Waals surface area contributed by atoms with E-state index in [2.05, 4.69) is 10.6 Å². The highest BCUT2D eigenvalue weighted by molar-refractivity contribution is 7.90. The lowest BCUT2D eigenvalue weighted by Crippen LogP contribution is -2.55. The maximum absolute atomic E-state index is 11.6. The van der Waals surface area contributed by atoms with Crippen LogP contribution in [0.4, 0.5) is 4.79 Å². The van der Waals surface area contributed by atoms with Crippen LogP contribution < -0.4 is 10.6 Å². The Morgan fingerprint density at radius 2 is 1.84 bits per heavy atom. The summed E-state index contributed by atoms with van der Waals surface area (Å²) in [6.07, 6.45) is 3.86. The molecule has 0 aliphatic heterocycles. The molecular weight excluding hydrogens is 272 g/mol. The second-order valence-corrected chi connectivity index (χ2v) is 7.22. The van der Waals surface area contributed by atoms with Crippen molar-refractivity contribution in [2.45, 2.75) is 37.6 Å². The third-order valence-corrected chi connectivity index (χ3v) is 4.23. The minimum absolute atomic E-state index is 0.00263.